The smallest absolute Gasteiger partial charge is 0.265 e. The second-order valence-corrected chi connectivity index (χ2v) is 7.96. The Labute approximate surface area is 165 Å². The lowest BCUT2D eigenvalue weighted by Gasteiger charge is -2.13. The van der Waals surface area contributed by atoms with E-state index < -0.39 is 10.0 Å². The van der Waals surface area contributed by atoms with Crippen molar-refractivity contribution in [1.82, 2.24) is 9.78 Å². The van der Waals surface area contributed by atoms with E-state index in [0.29, 0.717) is 23.7 Å². The normalized spacial score (nSPS) is 11.3. The van der Waals surface area contributed by atoms with Gasteiger partial charge in [0.2, 0.25) is 0 Å². The zero-order valence-electron chi connectivity index (χ0n) is 16.3. The maximum atomic E-state index is 13.0. The molecule has 8 heteroatoms. The molecule has 148 valence electrons. The molecule has 0 aliphatic heterocycles. The molecule has 2 aromatic carbocycles. The maximum Gasteiger partial charge on any atom is 0.265 e. The molecule has 7 nitrogen and oxygen atoms in total. The Morgan fingerprint density at radius 1 is 1.04 bits per heavy atom. The molecule has 0 atom stereocenters. The second kappa shape index (κ2) is 7.93. The quantitative estimate of drug-likeness (QED) is 0.656. The summed E-state index contributed by atoms with van der Waals surface area (Å²) in [5.74, 6) is 0.720. The first-order valence-electron chi connectivity index (χ1n) is 8.68. The van der Waals surface area contributed by atoms with E-state index in [0.717, 1.165) is 11.3 Å². The van der Waals surface area contributed by atoms with Crippen molar-refractivity contribution < 1.29 is 17.9 Å². The number of methoxy groups -OCH3 is 2. The molecule has 3 aromatic rings. The van der Waals surface area contributed by atoms with Gasteiger partial charge in [-0.2, -0.15) is 5.10 Å². The Morgan fingerprint density at radius 2 is 1.75 bits per heavy atom. The molecule has 0 saturated carbocycles. The summed E-state index contributed by atoms with van der Waals surface area (Å²) in [5.41, 5.74) is 2.88. The molecule has 0 aliphatic carbocycles. The van der Waals surface area contributed by atoms with Crippen LogP contribution in [0.4, 0.5) is 5.69 Å². The van der Waals surface area contributed by atoms with Crippen LogP contribution in [-0.2, 0) is 16.6 Å². The Morgan fingerprint density at radius 3 is 2.39 bits per heavy atom. The van der Waals surface area contributed by atoms with Crippen molar-refractivity contribution in [2.75, 3.05) is 18.9 Å². The molecule has 3 rings (SSSR count). The minimum absolute atomic E-state index is 0.0328. The third-order valence-corrected chi connectivity index (χ3v) is 5.84. The summed E-state index contributed by atoms with van der Waals surface area (Å²) in [7, 11) is -0.942. The van der Waals surface area contributed by atoms with Gasteiger partial charge in [-0.1, -0.05) is 30.3 Å². The zero-order chi connectivity index (χ0) is 20.3. The van der Waals surface area contributed by atoms with Crippen molar-refractivity contribution in [2.45, 2.75) is 25.3 Å². The molecule has 0 unspecified atom stereocenters. The van der Waals surface area contributed by atoms with Crippen LogP contribution < -0.4 is 14.2 Å². The van der Waals surface area contributed by atoms with Crippen molar-refractivity contribution >= 4 is 15.7 Å². The molecule has 28 heavy (non-hydrogen) atoms. The fourth-order valence-electron chi connectivity index (χ4n) is 2.94. The van der Waals surface area contributed by atoms with Crippen LogP contribution in [0.15, 0.2) is 53.4 Å². The van der Waals surface area contributed by atoms with Gasteiger partial charge in [-0.3, -0.25) is 9.40 Å². The number of sulfonamides is 1. The average Bonchev–Trinajstić information content (AvgIpc) is 2.95. The first kappa shape index (κ1) is 19.8. The van der Waals surface area contributed by atoms with E-state index in [2.05, 4.69) is 9.82 Å². The summed E-state index contributed by atoms with van der Waals surface area (Å²) in [4.78, 5) is 0.0328. The number of hydrogen-bond acceptors (Lipinski definition) is 5. The van der Waals surface area contributed by atoms with Gasteiger partial charge in [0, 0.05) is 6.07 Å². The van der Waals surface area contributed by atoms with Crippen LogP contribution in [0, 0.1) is 13.8 Å². The zero-order valence-corrected chi connectivity index (χ0v) is 17.1. The molecule has 0 aliphatic rings. The van der Waals surface area contributed by atoms with Crippen LogP contribution >= 0.6 is 0 Å². The Kier molecular flexibility index (Phi) is 5.60. The lowest BCUT2D eigenvalue weighted by atomic mass is 10.2. The van der Waals surface area contributed by atoms with E-state index in [1.165, 1.54) is 26.4 Å². The number of aryl methyl sites for hydroxylation is 1. The third kappa shape index (κ3) is 3.96. The molecular formula is C20H23N3O4S. The minimum Gasteiger partial charge on any atom is -0.497 e. The number of nitrogens with zero attached hydrogens (tertiary/aromatic N) is 2. The SMILES string of the molecule is COc1ccc(S(=O)(=O)Nc2c(C)nn(Cc3ccccc3)c2C)c(OC)c1. The Hall–Kier alpha value is -3.00. The molecule has 1 N–H and O–H groups in total. The van der Waals surface area contributed by atoms with Gasteiger partial charge in [0.25, 0.3) is 10.0 Å². The molecule has 1 heterocycles. The highest BCUT2D eigenvalue weighted by Gasteiger charge is 2.24. The molecule has 0 spiro atoms. The van der Waals surface area contributed by atoms with E-state index in [4.69, 9.17) is 9.47 Å². The van der Waals surface area contributed by atoms with Gasteiger partial charge in [0.1, 0.15) is 16.4 Å². The van der Waals surface area contributed by atoms with Crippen LogP contribution in [0.5, 0.6) is 11.5 Å². The average molecular weight is 401 g/mol. The second-order valence-electron chi connectivity index (χ2n) is 6.31. The lowest BCUT2D eigenvalue weighted by molar-refractivity contribution is 0.386. The molecular weight excluding hydrogens is 378 g/mol. The van der Waals surface area contributed by atoms with Crippen molar-refractivity contribution in [3.8, 4) is 11.5 Å². The van der Waals surface area contributed by atoms with Gasteiger partial charge in [-0.15, -0.1) is 0 Å². The number of nitrogens with one attached hydrogen (secondary N) is 1. The van der Waals surface area contributed by atoms with Gasteiger partial charge in [-0.25, -0.2) is 8.42 Å². The molecule has 0 radical (unpaired) electrons. The summed E-state index contributed by atoms with van der Waals surface area (Å²) in [6, 6.07) is 14.4. The minimum atomic E-state index is -3.87. The fraction of sp³-hybridized carbons (Fsp3) is 0.250. The highest BCUT2D eigenvalue weighted by atomic mass is 32.2. The number of rotatable bonds is 7. The first-order chi connectivity index (χ1) is 13.4. The monoisotopic (exact) mass is 401 g/mol. The summed E-state index contributed by atoms with van der Waals surface area (Å²) in [6.07, 6.45) is 0. The number of hydrogen-bond donors (Lipinski definition) is 1. The van der Waals surface area contributed by atoms with Crippen LogP contribution in [0.1, 0.15) is 17.0 Å². The van der Waals surface area contributed by atoms with Crippen molar-refractivity contribution in [3.63, 3.8) is 0 Å². The van der Waals surface area contributed by atoms with E-state index in [1.807, 2.05) is 37.3 Å². The summed E-state index contributed by atoms with van der Waals surface area (Å²) in [5, 5.41) is 4.49. The predicted molar refractivity (Wildman–Crippen MR) is 108 cm³/mol. The molecule has 0 saturated heterocycles. The Balaban J connectivity index is 1.93. The Bertz CT molecular complexity index is 1080. The molecule has 1 aromatic heterocycles. The number of aromatic nitrogens is 2. The number of benzene rings is 2. The molecule has 0 bridgehead atoms. The standard InChI is InChI=1S/C20H23N3O4S/c1-14-20(15(2)23(21-14)13-16-8-6-5-7-9-16)22-28(24,25)19-11-10-17(26-3)12-18(19)27-4/h5-12,22H,13H2,1-4H3. The third-order valence-electron chi connectivity index (χ3n) is 4.45. The summed E-state index contributed by atoms with van der Waals surface area (Å²) in [6.45, 7) is 4.17. The first-order valence-corrected chi connectivity index (χ1v) is 10.2. The van der Waals surface area contributed by atoms with Gasteiger partial charge in [0.05, 0.1) is 37.8 Å². The van der Waals surface area contributed by atoms with E-state index in [9.17, 15) is 8.42 Å². The van der Waals surface area contributed by atoms with E-state index in [1.54, 1.807) is 17.7 Å². The van der Waals surface area contributed by atoms with Crippen molar-refractivity contribution in [3.05, 3.63) is 65.5 Å². The lowest BCUT2D eigenvalue weighted by Crippen LogP contribution is -2.15. The van der Waals surface area contributed by atoms with Crippen LogP contribution in [0.25, 0.3) is 0 Å². The van der Waals surface area contributed by atoms with E-state index in [-0.39, 0.29) is 10.6 Å². The molecule has 0 amide bonds. The van der Waals surface area contributed by atoms with Gasteiger partial charge < -0.3 is 9.47 Å². The summed E-state index contributed by atoms with van der Waals surface area (Å²) < 4.78 is 40.8. The predicted octanol–water partition coefficient (Wildman–Crippen LogP) is 3.37. The van der Waals surface area contributed by atoms with Gasteiger partial charge in [0.15, 0.2) is 0 Å². The van der Waals surface area contributed by atoms with E-state index >= 15 is 0 Å². The van der Waals surface area contributed by atoms with Gasteiger partial charge >= 0.3 is 0 Å². The van der Waals surface area contributed by atoms with Crippen LogP contribution in [0.3, 0.4) is 0 Å². The molecule has 0 fully saturated rings. The van der Waals surface area contributed by atoms with Crippen molar-refractivity contribution in [2.24, 2.45) is 0 Å². The highest BCUT2D eigenvalue weighted by molar-refractivity contribution is 7.92. The maximum absolute atomic E-state index is 13.0. The fourth-order valence-corrected chi connectivity index (χ4v) is 4.27. The van der Waals surface area contributed by atoms with Crippen molar-refractivity contribution in [1.29, 1.82) is 0 Å². The highest BCUT2D eigenvalue weighted by Crippen LogP contribution is 2.31. The summed E-state index contributed by atoms with van der Waals surface area (Å²) >= 11 is 0. The number of ether oxygens (including phenoxy) is 2. The van der Waals surface area contributed by atoms with Crippen LogP contribution in [-0.4, -0.2) is 32.4 Å². The largest absolute Gasteiger partial charge is 0.497 e. The van der Waals surface area contributed by atoms with Gasteiger partial charge in [-0.05, 0) is 31.5 Å². The van der Waals surface area contributed by atoms with Crippen LogP contribution in [0.2, 0.25) is 0 Å². The number of anilines is 1. The topological polar surface area (TPSA) is 82.5 Å².